The second-order valence-electron chi connectivity index (χ2n) is 6.15. The summed E-state index contributed by atoms with van der Waals surface area (Å²) in [6.45, 7) is 2.77. The SMILES string of the molecule is CCCCOC(=O)c1cccc(NC(=O)CCCOc2ccc(Cl)cc2Cl)c1. The molecule has 0 saturated heterocycles. The van der Waals surface area contributed by atoms with E-state index in [0.29, 0.717) is 46.7 Å². The molecule has 0 saturated carbocycles. The van der Waals surface area contributed by atoms with Gasteiger partial charge >= 0.3 is 5.97 Å². The van der Waals surface area contributed by atoms with Crippen LogP contribution in [-0.2, 0) is 9.53 Å². The van der Waals surface area contributed by atoms with E-state index in [4.69, 9.17) is 32.7 Å². The molecule has 0 unspecified atom stereocenters. The quantitative estimate of drug-likeness (QED) is 0.390. The van der Waals surface area contributed by atoms with E-state index in [1.165, 1.54) is 0 Å². The van der Waals surface area contributed by atoms with Crippen LogP contribution in [0.25, 0.3) is 0 Å². The second kappa shape index (κ2) is 11.6. The maximum atomic E-state index is 12.1. The van der Waals surface area contributed by atoms with Crippen LogP contribution in [0.2, 0.25) is 10.0 Å². The Bertz CT molecular complexity index is 811. The number of benzene rings is 2. The molecule has 0 atom stereocenters. The summed E-state index contributed by atoms with van der Waals surface area (Å²) in [7, 11) is 0. The van der Waals surface area contributed by atoms with Crippen molar-refractivity contribution in [1.29, 1.82) is 0 Å². The van der Waals surface area contributed by atoms with Gasteiger partial charge in [0.1, 0.15) is 5.75 Å². The van der Waals surface area contributed by atoms with Crippen LogP contribution in [0.1, 0.15) is 43.0 Å². The van der Waals surface area contributed by atoms with Crippen molar-refractivity contribution in [3.8, 4) is 5.75 Å². The third-order valence-corrected chi connectivity index (χ3v) is 4.34. The van der Waals surface area contributed by atoms with Gasteiger partial charge in [0.25, 0.3) is 0 Å². The van der Waals surface area contributed by atoms with E-state index in [1.807, 2.05) is 6.92 Å². The van der Waals surface area contributed by atoms with Crippen molar-refractivity contribution in [1.82, 2.24) is 0 Å². The number of carbonyl (C=O) groups excluding carboxylic acids is 2. The van der Waals surface area contributed by atoms with Crippen LogP contribution >= 0.6 is 23.2 Å². The van der Waals surface area contributed by atoms with Gasteiger partial charge in [-0.05, 0) is 49.2 Å². The third kappa shape index (κ3) is 7.41. The molecule has 0 spiro atoms. The molecule has 0 radical (unpaired) electrons. The molecule has 2 rings (SSSR count). The molecular weight excluding hydrogens is 401 g/mol. The average molecular weight is 424 g/mol. The van der Waals surface area contributed by atoms with Crippen molar-refractivity contribution in [2.45, 2.75) is 32.6 Å². The number of unbranched alkanes of at least 4 members (excludes halogenated alkanes) is 1. The van der Waals surface area contributed by atoms with Gasteiger partial charge in [-0.15, -0.1) is 0 Å². The summed E-state index contributed by atoms with van der Waals surface area (Å²) < 4.78 is 10.7. The zero-order valence-electron chi connectivity index (χ0n) is 15.7. The molecule has 0 fully saturated rings. The first-order valence-electron chi connectivity index (χ1n) is 9.14. The highest BCUT2D eigenvalue weighted by atomic mass is 35.5. The number of carbonyl (C=O) groups is 2. The van der Waals surface area contributed by atoms with Gasteiger partial charge in [0.05, 0.1) is 23.8 Å². The number of nitrogens with one attached hydrogen (secondary N) is 1. The zero-order chi connectivity index (χ0) is 20.4. The van der Waals surface area contributed by atoms with Gasteiger partial charge in [-0.2, -0.15) is 0 Å². The van der Waals surface area contributed by atoms with Gasteiger partial charge in [0.15, 0.2) is 0 Å². The van der Waals surface area contributed by atoms with Crippen LogP contribution < -0.4 is 10.1 Å². The minimum absolute atomic E-state index is 0.165. The van der Waals surface area contributed by atoms with E-state index in [0.717, 1.165) is 12.8 Å². The lowest BCUT2D eigenvalue weighted by Gasteiger charge is -2.09. The van der Waals surface area contributed by atoms with Crippen molar-refractivity contribution in [2.24, 2.45) is 0 Å². The number of rotatable bonds is 10. The van der Waals surface area contributed by atoms with E-state index in [9.17, 15) is 9.59 Å². The Balaban J connectivity index is 1.76. The number of halogens is 2. The highest BCUT2D eigenvalue weighted by Gasteiger charge is 2.09. The first-order chi connectivity index (χ1) is 13.5. The lowest BCUT2D eigenvalue weighted by molar-refractivity contribution is -0.116. The van der Waals surface area contributed by atoms with Gasteiger partial charge < -0.3 is 14.8 Å². The average Bonchev–Trinajstić information content (AvgIpc) is 2.67. The number of amides is 1. The Kier molecular flexibility index (Phi) is 9.11. The fourth-order valence-electron chi connectivity index (χ4n) is 2.35. The van der Waals surface area contributed by atoms with E-state index in [-0.39, 0.29) is 12.3 Å². The van der Waals surface area contributed by atoms with Crippen LogP contribution in [0.15, 0.2) is 42.5 Å². The van der Waals surface area contributed by atoms with E-state index < -0.39 is 5.97 Å². The minimum atomic E-state index is -0.391. The molecule has 0 aliphatic carbocycles. The standard InChI is InChI=1S/C21H23Cl2NO4/c1-2-3-11-28-21(26)15-6-4-7-17(13-15)24-20(25)8-5-12-27-19-10-9-16(22)14-18(19)23/h4,6-7,9-10,13-14H,2-3,5,8,11-12H2,1H3,(H,24,25). The summed E-state index contributed by atoms with van der Waals surface area (Å²) >= 11 is 11.9. The molecule has 0 bridgehead atoms. The summed E-state index contributed by atoms with van der Waals surface area (Å²) in [5.74, 6) is -0.0270. The van der Waals surface area contributed by atoms with Crippen LogP contribution in [0, 0.1) is 0 Å². The molecule has 0 aliphatic heterocycles. The van der Waals surface area contributed by atoms with Gasteiger partial charge in [0.2, 0.25) is 5.91 Å². The lowest BCUT2D eigenvalue weighted by atomic mass is 10.2. The summed E-state index contributed by atoms with van der Waals surface area (Å²) in [5, 5.41) is 3.74. The van der Waals surface area contributed by atoms with Gasteiger partial charge in [-0.25, -0.2) is 4.79 Å². The maximum absolute atomic E-state index is 12.1. The van der Waals surface area contributed by atoms with E-state index >= 15 is 0 Å². The Morgan fingerprint density at radius 2 is 1.86 bits per heavy atom. The summed E-state index contributed by atoms with van der Waals surface area (Å²) in [5.41, 5.74) is 0.964. The third-order valence-electron chi connectivity index (χ3n) is 3.81. The number of anilines is 1. The Morgan fingerprint density at radius 1 is 1.04 bits per heavy atom. The van der Waals surface area contributed by atoms with Crippen molar-refractivity contribution in [3.05, 3.63) is 58.1 Å². The largest absolute Gasteiger partial charge is 0.492 e. The first kappa shape index (κ1) is 22.1. The molecule has 0 heterocycles. The number of ether oxygens (including phenoxy) is 2. The van der Waals surface area contributed by atoms with Crippen molar-refractivity contribution in [3.63, 3.8) is 0 Å². The summed E-state index contributed by atoms with van der Waals surface area (Å²) in [6.07, 6.45) is 2.57. The van der Waals surface area contributed by atoms with Crippen molar-refractivity contribution >= 4 is 40.8 Å². The first-order valence-corrected chi connectivity index (χ1v) is 9.90. The summed E-state index contributed by atoms with van der Waals surface area (Å²) in [4.78, 5) is 24.1. The minimum Gasteiger partial charge on any atom is -0.492 e. The molecular formula is C21H23Cl2NO4. The highest BCUT2D eigenvalue weighted by molar-refractivity contribution is 6.35. The Hall–Kier alpha value is -2.24. The van der Waals surface area contributed by atoms with Gasteiger partial charge in [0, 0.05) is 17.1 Å². The number of hydrogen-bond donors (Lipinski definition) is 1. The number of esters is 1. The van der Waals surface area contributed by atoms with Crippen LogP contribution in [-0.4, -0.2) is 25.1 Å². The molecule has 5 nitrogen and oxygen atoms in total. The molecule has 0 aliphatic rings. The lowest BCUT2D eigenvalue weighted by Crippen LogP contribution is -2.13. The fraction of sp³-hybridized carbons (Fsp3) is 0.333. The van der Waals surface area contributed by atoms with Crippen LogP contribution in [0.5, 0.6) is 5.75 Å². The van der Waals surface area contributed by atoms with Crippen molar-refractivity contribution < 1.29 is 19.1 Å². The Labute approximate surface area is 174 Å². The molecule has 1 amide bonds. The molecule has 28 heavy (non-hydrogen) atoms. The second-order valence-corrected chi connectivity index (χ2v) is 6.99. The Morgan fingerprint density at radius 3 is 2.61 bits per heavy atom. The molecule has 150 valence electrons. The summed E-state index contributed by atoms with van der Waals surface area (Å²) in [6, 6.07) is 11.7. The van der Waals surface area contributed by atoms with Crippen LogP contribution in [0.4, 0.5) is 5.69 Å². The normalized spacial score (nSPS) is 10.4. The van der Waals surface area contributed by atoms with Gasteiger partial charge in [-0.3, -0.25) is 4.79 Å². The van der Waals surface area contributed by atoms with Crippen LogP contribution in [0.3, 0.4) is 0 Å². The monoisotopic (exact) mass is 423 g/mol. The highest BCUT2D eigenvalue weighted by Crippen LogP contribution is 2.27. The van der Waals surface area contributed by atoms with E-state index in [2.05, 4.69) is 5.32 Å². The maximum Gasteiger partial charge on any atom is 0.338 e. The zero-order valence-corrected chi connectivity index (χ0v) is 17.2. The van der Waals surface area contributed by atoms with E-state index in [1.54, 1.807) is 42.5 Å². The topological polar surface area (TPSA) is 64.6 Å². The predicted molar refractivity (Wildman–Crippen MR) is 111 cm³/mol. The molecule has 2 aromatic carbocycles. The predicted octanol–water partition coefficient (Wildman–Crippen LogP) is 5.75. The molecule has 0 aromatic heterocycles. The molecule has 1 N–H and O–H groups in total. The smallest absolute Gasteiger partial charge is 0.338 e. The fourth-order valence-corrected chi connectivity index (χ4v) is 2.81. The molecule has 2 aromatic rings. The molecule has 7 heteroatoms. The van der Waals surface area contributed by atoms with Gasteiger partial charge in [-0.1, -0.05) is 42.6 Å². The number of hydrogen-bond acceptors (Lipinski definition) is 4. The van der Waals surface area contributed by atoms with Crippen molar-refractivity contribution in [2.75, 3.05) is 18.5 Å².